The SMILES string of the molecule is COc1ccc(C2=NN(c3ccccc3)C(=O)/C2=C\c2cccs2)cc1. The average molecular weight is 360 g/mol. The summed E-state index contributed by atoms with van der Waals surface area (Å²) in [5.74, 6) is 0.637. The molecule has 0 spiro atoms. The fraction of sp³-hybridized carbons (Fsp3) is 0.0476. The van der Waals surface area contributed by atoms with Crippen LogP contribution < -0.4 is 9.75 Å². The summed E-state index contributed by atoms with van der Waals surface area (Å²) in [7, 11) is 1.63. The van der Waals surface area contributed by atoms with Crippen LogP contribution in [0.4, 0.5) is 5.69 Å². The van der Waals surface area contributed by atoms with Crippen LogP contribution >= 0.6 is 11.3 Å². The standard InChI is InChI=1S/C21H16N2O2S/c1-25-17-11-9-15(10-12-17)20-19(14-18-8-5-13-26-18)21(24)23(22-20)16-6-3-2-4-7-16/h2-14H,1H3/b19-14-. The fourth-order valence-electron chi connectivity index (χ4n) is 2.77. The fourth-order valence-corrected chi connectivity index (χ4v) is 3.42. The van der Waals surface area contributed by atoms with Crippen molar-refractivity contribution >= 4 is 34.7 Å². The topological polar surface area (TPSA) is 41.9 Å². The summed E-state index contributed by atoms with van der Waals surface area (Å²) < 4.78 is 5.23. The van der Waals surface area contributed by atoms with Gasteiger partial charge in [-0.2, -0.15) is 10.1 Å². The molecule has 1 amide bonds. The summed E-state index contributed by atoms with van der Waals surface area (Å²) in [4.78, 5) is 14.1. The van der Waals surface area contributed by atoms with Crippen LogP contribution in [0.15, 0.2) is 82.8 Å². The molecule has 0 N–H and O–H groups in total. The van der Waals surface area contributed by atoms with E-state index in [2.05, 4.69) is 5.10 Å². The molecular formula is C21H16N2O2S. The average Bonchev–Trinajstić information content (AvgIpc) is 3.32. The number of anilines is 1. The Hall–Kier alpha value is -3.18. The van der Waals surface area contributed by atoms with E-state index < -0.39 is 0 Å². The molecule has 128 valence electrons. The van der Waals surface area contributed by atoms with E-state index in [1.807, 2.05) is 78.2 Å². The Morgan fingerprint density at radius 2 is 1.77 bits per heavy atom. The smallest absolute Gasteiger partial charge is 0.281 e. The van der Waals surface area contributed by atoms with E-state index in [4.69, 9.17) is 4.74 Å². The van der Waals surface area contributed by atoms with E-state index in [0.29, 0.717) is 11.3 Å². The first-order valence-electron chi connectivity index (χ1n) is 8.14. The van der Waals surface area contributed by atoms with Crippen LogP contribution in [0.3, 0.4) is 0 Å². The number of ether oxygens (including phenoxy) is 1. The predicted octanol–water partition coefficient (Wildman–Crippen LogP) is 4.59. The molecule has 0 bridgehead atoms. The minimum Gasteiger partial charge on any atom is -0.497 e. The lowest BCUT2D eigenvalue weighted by molar-refractivity contribution is -0.114. The van der Waals surface area contributed by atoms with Gasteiger partial charge < -0.3 is 4.74 Å². The van der Waals surface area contributed by atoms with Crippen molar-refractivity contribution < 1.29 is 9.53 Å². The molecule has 1 aromatic heterocycles. The van der Waals surface area contributed by atoms with Gasteiger partial charge in [-0.3, -0.25) is 4.79 Å². The largest absolute Gasteiger partial charge is 0.497 e. The zero-order valence-corrected chi connectivity index (χ0v) is 14.9. The zero-order chi connectivity index (χ0) is 17.9. The molecule has 3 aromatic rings. The molecule has 5 heteroatoms. The predicted molar refractivity (Wildman–Crippen MR) is 106 cm³/mol. The van der Waals surface area contributed by atoms with Crippen molar-refractivity contribution in [2.75, 3.05) is 12.1 Å². The number of benzene rings is 2. The Balaban J connectivity index is 1.81. The minimum atomic E-state index is -0.129. The number of amides is 1. The Bertz CT molecular complexity index is 975. The highest BCUT2D eigenvalue weighted by molar-refractivity contribution is 7.10. The number of hydrogen-bond donors (Lipinski definition) is 0. The number of thiophene rings is 1. The lowest BCUT2D eigenvalue weighted by Crippen LogP contribution is -2.21. The maximum absolute atomic E-state index is 13.1. The first-order chi connectivity index (χ1) is 12.8. The molecule has 0 atom stereocenters. The summed E-state index contributed by atoms with van der Waals surface area (Å²) in [6.45, 7) is 0. The van der Waals surface area contributed by atoms with Gasteiger partial charge in [-0.15, -0.1) is 11.3 Å². The molecule has 1 aliphatic heterocycles. The Labute approximate surface area is 155 Å². The first-order valence-corrected chi connectivity index (χ1v) is 9.02. The summed E-state index contributed by atoms with van der Waals surface area (Å²) in [6, 6.07) is 21.0. The molecule has 0 saturated carbocycles. The second-order valence-corrected chi connectivity index (χ2v) is 6.68. The first kappa shape index (κ1) is 16.3. The molecule has 0 unspecified atom stereocenters. The van der Waals surface area contributed by atoms with Gasteiger partial charge >= 0.3 is 0 Å². The lowest BCUT2D eigenvalue weighted by Gasteiger charge is -2.10. The van der Waals surface area contributed by atoms with E-state index in [1.165, 1.54) is 5.01 Å². The number of carbonyl (C=O) groups is 1. The van der Waals surface area contributed by atoms with Gasteiger partial charge in [0, 0.05) is 10.4 Å². The molecule has 26 heavy (non-hydrogen) atoms. The molecule has 2 aromatic carbocycles. The number of carbonyl (C=O) groups excluding carboxylic acids is 1. The third kappa shape index (κ3) is 3.05. The van der Waals surface area contributed by atoms with Gasteiger partial charge in [0.15, 0.2) is 0 Å². The molecule has 0 saturated heterocycles. The maximum Gasteiger partial charge on any atom is 0.281 e. The number of methoxy groups -OCH3 is 1. The van der Waals surface area contributed by atoms with Gasteiger partial charge in [-0.1, -0.05) is 24.3 Å². The third-order valence-corrected chi connectivity index (χ3v) is 4.89. The van der Waals surface area contributed by atoms with Crippen LogP contribution in [-0.4, -0.2) is 18.7 Å². The van der Waals surface area contributed by atoms with Crippen molar-refractivity contribution in [3.8, 4) is 5.75 Å². The van der Waals surface area contributed by atoms with Crippen LogP contribution in [0.1, 0.15) is 10.4 Å². The number of para-hydroxylation sites is 1. The number of hydrazone groups is 1. The second-order valence-electron chi connectivity index (χ2n) is 5.70. The highest BCUT2D eigenvalue weighted by atomic mass is 32.1. The number of rotatable bonds is 4. The van der Waals surface area contributed by atoms with E-state index in [-0.39, 0.29) is 5.91 Å². The summed E-state index contributed by atoms with van der Waals surface area (Å²) >= 11 is 1.59. The summed E-state index contributed by atoms with van der Waals surface area (Å²) in [5.41, 5.74) is 2.87. The van der Waals surface area contributed by atoms with Crippen LogP contribution in [0, 0.1) is 0 Å². The molecule has 1 aliphatic rings. The highest BCUT2D eigenvalue weighted by Crippen LogP contribution is 2.29. The van der Waals surface area contributed by atoms with Crippen LogP contribution in [0.25, 0.3) is 6.08 Å². The number of nitrogens with zero attached hydrogens (tertiary/aromatic N) is 2. The third-order valence-electron chi connectivity index (χ3n) is 4.07. The van der Waals surface area contributed by atoms with Gasteiger partial charge in [0.25, 0.3) is 5.91 Å². The molecule has 2 heterocycles. The van der Waals surface area contributed by atoms with Crippen LogP contribution in [0.2, 0.25) is 0 Å². The van der Waals surface area contributed by atoms with E-state index >= 15 is 0 Å². The normalized spacial score (nSPS) is 15.4. The van der Waals surface area contributed by atoms with E-state index in [9.17, 15) is 4.79 Å². The van der Waals surface area contributed by atoms with Crippen molar-refractivity contribution in [1.29, 1.82) is 0 Å². The van der Waals surface area contributed by atoms with Gasteiger partial charge in [-0.05, 0) is 53.9 Å². The highest BCUT2D eigenvalue weighted by Gasteiger charge is 2.32. The molecule has 0 fully saturated rings. The van der Waals surface area contributed by atoms with Crippen LogP contribution in [0.5, 0.6) is 5.75 Å². The van der Waals surface area contributed by atoms with Gasteiger partial charge in [0.1, 0.15) is 11.5 Å². The lowest BCUT2D eigenvalue weighted by atomic mass is 10.0. The van der Waals surface area contributed by atoms with Gasteiger partial charge in [-0.25, -0.2) is 0 Å². The molecule has 4 nitrogen and oxygen atoms in total. The van der Waals surface area contributed by atoms with Crippen molar-refractivity contribution in [3.05, 3.63) is 88.1 Å². The maximum atomic E-state index is 13.1. The van der Waals surface area contributed by atoms with Crippen molar-refractivity contribution in [1.82, 2.24) is 0 Å². The van der Waals surface area contributed by atoms with Crippen molar-refractivity contribution in [3.63, 3.8) is 0 Å². The summed E-state index contributed by atoms with van der Waals surface area (Å²) in [6.07, 6.45) is 1.90. The van der Waals surface area contributed by atoms with Gasteiger partial charge in [0.2, 0.25) is 0 Å². The molecule has 4 rings (SSSR count). The summed E-state index contributed by atoms with van der Waals surface area (Å²) in [5, 5.41) is 8.07. The molecular weight excluding hydrogens is 344 g/mol. The van der Waals surface area contributed by atoms with Crippen molar-refractivity contribution in [2.24, 2.45) is 5.10 Å². The van der Waals surface area contributed by atoms with Crippen molar-refractivity contribution in [2.45, 2.75) is 0 Å². The monoisotopic (exact) mass is 360 g/mol. The minimum absolute atomic E-state index is 0.129. The quantitative estimate of drug-likeness (QED) is 0.639. The Kier molecular flexibility index (Phi) is 4.37. The van der Waals surface area contributed by atoms with E-state index in [0.717, 1.165) is 21.9 Å². The number of hydrogen-bond acceptors (Lipinski definition) is 4. The Morgan fingerprint density at radius 1 is 1.00 bits per heavy atom. The van der Waals surface area contributed by atoms with E-state index in [1.54, 1.807) is 18.4 Å². The molecule has 0 radical (unpaired) electrons. The second kappa shape index (κ2) is 6.98. The Morgan fingerprint density at radius 3 is 2.42 bits per heavy atom. The molecule has 0 aliphatic carbocycles. The van der Waals surface area contributed by atoms with Gasteiger partial charge in [0.05, 0.1) is 18.4 Å². The zero-order valence-electron chi connectivity index (χ0n) is 14.1. The van der Waals surface area contributed by atoms with Crippen LogP contribution in [-0.2, 0) is 4.79 Å².